The lowest BCUT2D eigenvalue weighted by Gasteiger charge is -2.22. The molecule has 15 heavy (non-hydrogen) atoms. The van der Waals surface area contributed by atoms with Gasteiger partial charge in [-0.3, -0.25) is 9.59 Å². The maximum atomic E-state index is 11.6. The lowest BCUT2D eigenvalue weighted by Crippen LogP contribution is -2.38. The largest absolute Gasteiger partial charge is 0.353 e. The Labute approximate surface area is 91.6 Å². The average Bonchev–Trinajstić information content (AvgIpc) is 2.21. The molecule has 1 saturated carbocycles. The summed E-state index contributed by atoms with van der Waals surface area (Å²) in [7, 11) is 0. The van der Waals surface area contributed by atoms with Gasteiger partial charge in [0.2, 0.25) is 5.91 Å². The maximum Gasteiger partial charge on any atom is 0.220 e. The summed E-state index contributed by atoms with van der Waals surface area (Å²) in [4.78, 5) is 22.6. The van der Waals surface area contributed by atoms with Crippen LogP contribution in [-0.2, 0) is 9.59 Å². The minimum atomic E-state index is 0.142. The van der Waals surface area contributed by atoms with Gasteiger partial charge in [0.05, 0.1) is 0 Å². The predicted octanol–water partition coefficient (Wildman–Crippen LogP) is 2.05. The highest BCUT2D eigenvalue weighted by molar-refractivity contribution is 5.80. The first-order valence-corrected chi connectivity index (χ1v) is 5.93. The van der Waals surface area contributed by atoms with Crippen molar-refractivity contribution in [1.29, 1.82) is 0 Å². The molecule has 0 aliphatic heterocycles. The molecule has 1 aliphatic rings. The Morgan fingerprint density at radius 1 is 1.47 bits per heavy atom. The van der Waals surface area contributed by atoms with Gasteiger partial charge in [-0.25, -0.2) is 0 Å². The predicted molar refractivity (Wildman–Crippen MR) is 59.5 cm³/mol. The number of Topliss-reactive ketones (excluding diaryl/α,β-unsaturated/α-hetero) is 1. The van der Waals surface area contributed by atoms with E-state index < -0.39 is 0 Å². The smallest absolute Gasteiger partial charge is 0.220 e. The normalized spacial score (nSPS) is 20.0. The van der Waals surface area contributed by atoms with Crippen LogP contribution in [0.3, 0.4) is 0 Å². The molecule has 0 bridgehead atoms. The molecule has 0 radical (unpaired) electrons. The van der Waals surface area contributed by atoms with E-state index in [1.165, 1.54) is 0 Å². The second kappa shape index (κ2) is 5.89. The van der Waals surface area contributed by atoms with Crippen LogP contribution in [0.5, 0.6) is 0 Å². The van der Waals surface area contributed by atoms with Gasteiger partial charge in [-0.1, -0.05) is 20.3 Å². The fourth-order valence-electron chi connectivity index (χ4n) is 1.83. The Kier molecular flexibility index (Phi) is 4.79. The summed E-state index contributed by atoms with van der Waals surface area (Å²) in [5.41, 5.74) is 0. The zero-order chi connectivity index (χ0) is 11.3. The summed E-state index contributed by atoms with van der Waals surface area (Å²) in [5.74, 6) is 0.932. The van der Waals surface area contributed by atoms with E-state index in [-0.39, 0.29) is 11.9 Å². The van der Waals surface area contributed by atoms with Gasteiger partial charge in [0.25, 0.3) is 0 Å². The van der Waals surface area contributed by atoms with Crippen LogP contribution in [0.25, 0.3) is 0 Å². The van der Waals surface area contributed by atoms with Gasteiger partial charge < -0.3 is 5.32 Å². The van der Waals surface area contributed by atoms with E-state index in [9.17, 15) is 9.59 Å². The topological polar surface area (TPSA) is 46.2 Å². The molecule has 1 amide bonds. The monoisotopic (exact) mass is 211 g/mol. The van der Waals surface area contributed by atoms with Gasteiger partial charge in [-0.15, -0.1) is 0 Å². The second-order valence-corrected chi connectivity index (χ2v) is 4.60. The minimum absolute atomic E-state index is 0.142. The van der Waals surface area contributed by atoms with Crippen LogP contribution in [0, 0.1) is 5.92 Å². The molecule has 1 fully saturated rings. The molecule has 0 saturated heterocycles. The summed E-state index contributed by atoms with van der Waals surface area (Å²) in [6.45, 7) is 4.18. The van der Waals surface area contributed by atoms with Crippen LogP contribution in [0.4, 0.5) is 0 Å². The van der Waals surface area contributed by atoms with Gasteiger partial charge >= 0.3 is 0 Å². The Hall–Kier alpha value is -0.860. The molecule has 86 valence electrons. The van der Waals surface area contributed by atoms with E-state index in [2.05, 4.69) is 19.2 Å². The molecule has 0 aromatic heterocycles. The van der Waals surface area contributed by atoms with Crippen molar-refractivity contribution >= 4 is 11.7 Å². The van der Waals surface area contributed by atoms with Crippen molar-refractivity contribution in [2.45, 2.75) is 58.4 Å². The van der Waals surface area contributed by atoms with Crippen molar-refractivity contribution in [2.24, 2.45) is 5.92 Å². The lowest BCUT2D eigenvalue weighted by atomic mass is 9.94. The number of hydrogen-bond donors (Lipinski definition) is 1. The first-order valence-electron chi connectivity index (χ1n) is 5.93. The van der Waals surface area contributed by atoms with E-state index >= 15 is 0 Å². The zero-order valence-electron chi connectivity index (χ0n) is 9.71. The lowest BCUT2D eigenvalue weighted by molar-refractivity contribution is -0.125. The summed E-state index contributed by atoms with van der Waals surface area (Å²) < 4.78 is 0. The van der Waals surface area contributed by atoms with Gasteiger partial charge in [0, 0.05) is 25.3 Å². The van der Waals surface area contributed by atoms with E-state index in [4.69, 9.17) is 0 Å². The Balaban J connectivity index is 2.23. The number of rotatable bonds is 4. The van der Waals surface area contributed by atoms with Gasteiger partial charge in [0.15, 0.2) is 0 Å². The van der Waals surface area contributed by atoms with Crippen molar-refractivity contribution in [1.82, 2.24) is 5.32 Å². The van der Waals surface area contributed by atoms with Crippen LogP contribution < -0.4 is 5.32 Å². The van der Waals surface area contributed by atoms with Gasteiger partial charge in [-0.05, 0) is 18.8 Å². The van der Waals surface area contributed by atoms with E-state index in [0.717, 1.165) is 19.3 Å². The number of ketones is 1. The second-order valence-electron chi connectivity index (χ2n) is 4.60. The number of carbonyl (C=O) groups is 2. The van der Waals surface area contributed by atoms with Crippen molar-refractivity contribution < 1.29 is 9.59 Å². The Morgan fingerprint density at radius 2 is 2.07 bits per heavy atom. The van der Waals surface area contributed by atoms with Crippen LogP contribution in [0.15, 0.2) is 0 Å². The molecule has 0 spiro atoms. The average molecular weight is 211 g/mol. The first-order chi connectivity index (χ1) is 7.11. The van der Waals surface area contributed by atoms with Crippen molar-refractivity contribution in [3.63, 3.8) is 0 Å². The molecule has 1 atom stereocenters. The molecule has 1 aliphatic carbocycles. The Bertz CT molecular complexity index is 228. The third-order valence-electron chi connectivity index (χ3n) is 3.14. The molecular formula is C12H21NO2. The van der Waals surface area contributed by atoms with Crippen molar-refractivity contribution in [3.8, 4) is 0 Å². The molecule has 0 aromatic rings. The third kappa shape index (κ3) is 4.45. The number of amides is 1. The van der Waals surface area contributed by atoms with Gasteiger partial charge in [-0.2, -0.15) is 0 Å². The van der Waals surface area contributed by atoms with E-state index in [0.29, 0.717) is 31.0 Å². The van der Waals surface area contributed by atoms with Gasteiger partial charge in [0.1, 0.15) is 5.78 Å². The summed E-state index contributed by atoms with van der Waals surface area (Å²) in [6.07, 6.45) is 4.57. The van der Waals surface area contributed by atoms with Crippen LogP contribution in [-0.4, -0.2) is 17.7 Å². The number of hydrogen-bond acceptors (Lipinski definition) is 2. The first kappa shape index (κ1) is 12.2. The number of carbonyl (C=O) groups excluding carboxylic acids is 2. The molecule has 0 aromatic carbocycles. The summed E-state index contributed by atoms with van der Waals surface area (Å²) in [6, 6.07) is 0.235. The van der Waals surface area contributed by atoms with Crippen molar-refractivity contribution in [3.05, 3.63) is 0 Å². The molecule has 0 heterocycles. The zero-order valence-corrected chi connectivity index (χ0v) is 9.71. The fraction of sp³-hybridized carbons (Fsp3) is 0.833. The molecule has 3 nitrogen and oxygen atoms in total. The maximum absolute atomic E-state index is 11.6. The summed E-state index contributed by atoms with van der Waals surface area (Å²) >= 11 is 0. The molecule has 1 N–H and O–H groups in total. The molecule has 1 rings (SSSR count). The minimum Gasteiger partial charge on any atom is -0.353 e. The highest BCUT2D eigenvalue weighted by atomic mass is 16.1. The van der Waals surface area contributed by atoms with Crippen LogP contribution >= 0.6 is 0 Å². The third-order valence-corrected chi connectivity index (χ3v) is 3.14. The van der Waals surface area contributed by atoms with Crippen LogP contribution in [0.1, 0.15) is 52.4 Å². The van der Waals surface area contributed by atoms with E-state index in [1.807, 2.05) is 0 Å². The van der Waals surface area contributed by atoms with E-state index in [1.54, 1.807) is 0 Å². The highest BCUT2D eigenvalue weighted by Gasteiger charge is 2.20. The SMILES string of the molecule is CCC(C)CC(=O)NC1CCC(=O)CC1. The molecule has 1 unspecified atom stereocenters. The quantitative estimate of drug-likeness (QED) is 0.773. The highest BCUT2D eigenvalue weighted by Crippen LogP contribution is 2.15. The fourth-order valence-corrected chi connectivity index (χ4v) is 1.83. The van der Waals surface area contributed by atoms with Crippen LogP contribution in [0.2, 0.25) is 0 Å². The Morgan fingerprint density at radius 3 is 2.60 bits per heavy atom. The summed E-state index contributed by atoms with van der Waals surface area (Å²) in [5, 5.41) is 3.01. The number of nitrogens with one attached hydrogen (secondary N) is 1. The molecular weight excluding hydrogens is 190 g/mol. The molecule has 3 heteroatoms. The van der Waals surface area contributed by atoms with Crippen molar-refractivity contribution in [2.75, 3.05) is 0 Å². The standard InChI is InChI=1S/C12H21NO2/c1-3-9(2)8-12(15)13-10-4-6-11(14)7-5-10/h9-10H,3-8H2,1-2H3,(H,13,15).